The average molecular weight is 1390 g/mol. The highest BCUT2D eigenvalue weighted by Gasteiger charge is 2.56. The maximum Gasteiger partial charge on any atom is 0.416 e. The molecule has 4 N–H and O–H groups in total. The van der Waals surface area contributed by atoms with Crippen molar-refractivity contribution in [2.75, 3.05) is 86.1 Å². The molecule has 2 saturated heterocycles. The number of ether oxygens (including phenoxy) is 7. The van der Waals surface area contributed by atoms with Crippen LogP contribution in [-0.4, -0.2) is 226 Å². The highest BCUT2D eigenvalue weighted by atomic mass is 16.6. The Morgan fingerprint density at radius 3 is 1.60 bits per heavy atom. The zero-order valence-corrected chi connectivity index (χ0v) is 61.0. The number of hydrogen-bond acceptors (Lipinski definition) is 19. The minimum atomic E-state index is -0.939. The molecular formula is C70H111N15O14. The first kappa shape index (κ1) is 83.4. The molecule has 99 heavy (non-hydrogen) atoms. The third kappa shape index (κ3) is 27.9. The first-order chi connectivity index (χ1) is 47.0. The molecule has 550 valence electrons. The molecule has 2 aromatic rings. The van der Waals surface area contributed by atoms with Crippen molar-refractivity contribution in [2.45, 2.75) is 227 Å². The molecule has 4 heterocycles. The number of methoxy groups -OCH3 is 1. The van der Waals surface area contributed by atoms with Gasteiger partial charge in [0.15, 0.2) is 0 Å². The van der Waals surface area contributed by atoms with E-state index in [2.05, 4.69) is 79.5 Å². The minimum Gasteiger partial charge on any atom is -0.444 e. The fraction of sp³-hybridized carbons (Fsp3) is 0.729. The van der Waals surface area contributed by atoms with E-state index < -0.39 is 102 Å². The van der Waals surface area contributed by atoms with Crippen LogP contribution in [0.5, 0.6) is 0 Å². The number of nitrogens with one attached hydrogen (secondary N) is 4. The number of carbonyl (C=O) groups is 7. The number of nitriles is 1. The van der Waals surface area contributed by atoms with Gasteiger partial charge < -0.3 is 59.3 Å². The van der Waals surface area contributed by atoms with E-state index in [1.54, 1.807) is 61.0 Å². The first-order valence-corrected chi connectivity index (χ1v) is 34.5. The lowest BCUT2D eigenvalue weighted by atomic mass is 9.73. The van der Waals surface area contributed by atoms with Gasteiger partial charge in [-0.3, -0.25) is 43.1 Å². The lowest BCUT2D eigenvalue weighted by Crippen LogP contribution is -2.64. The summed E-state index contributed by atoms with van der Waals surface area (Å²) < 4.78 is 42.6. The monoisotopic (exact) mass is 1390 g/mol. The Labute approximate surface area is 585 Å². The number of terminal acetylenes is 1. The number of carbonyl (C=O) groups excluding carboxylic acids is 7. The highest BCUT2D eigenvalue weighted by Crippen LogP contribution is 2.42. The SMILES string of the molecule is [C-]#[N+][C@H]1C[C@@H](/C=C\C)[C@H]([C@@H](NC(=O)CCc2cn(CCNC(=O)CN(CC(=O)NCCn3cc(CCC(=O)N[C@H]([C@H]4[C@H](/C=C\C)C[C@H](C#N)N4C(=O)OC(C)(C)C)C(C)(C)CCC)nn3)C(=O)CCOCCOCCOCCOCC#C)nn2)[C@](C)(CCC)OC)N1C(=O)OC(C)(C)C. The van der Waals surface area contributed by atoms with Crippen LogP contribution >= 0.6 is 0 Å². The number of hydrogen-bond donors (Lipinski definition) is 4. The molecule has 7 amide bonds. The summed E-state index contributed by atoms with van der Waals surface area (Å²) in [4.78, 5) is 104. The molecule has 4 rings (SSSR count). The second-order valence-electron chi connectivity index (χ2n) is 27.7. The van der Waals surface area contributed by atoms with Gasteiger partial charge in [0.05, 0.1) is 119 Å². The Kier molecular flexibility index (Phi) is 35.0. The number of likely N-dealkylation sites (tertiary alicyclic amines) is 2. The summed E-state index contributed by atoms with van der Waals surface area (Å²) in [6.45, 7) is 34.1. The molecule has 0 bridgehead atoms. The van der Waals surface area contributed by atoms with E-state index in [1.165, 1.54) is 19.2 Å². The normalized spacial score (nSPS) is 19.2. The predicted molar refractivity (Wildman–Crippen MR) is 368 cm³/mol. The number of amides is 7. The van der Waals surface area contributed by atoms with Gasteiger partial charge in [-0.25, -0.2) is 21.1 Å². The van der Waals surface area contributed by atoms with Gasteiger partial charge >= 0.3 is 18.4 Å². The van der Waals surface area contributed by atoms with E-state index in [9.17, 15) is 38.8 Å². The summed E-state index contributed by atoms with van der Waals surface area (Å²) in [6.07, 6.45) is 18.1. The average Bonchev–Trinajstić information content (AvgIpc) is 1.65. The lowest BCUT2D eigenvalue weighted by molar-refractivity contribution is -0.140. The van der Waals surface area contributed by atoms with Crippen molar-refractivity contribution in [2.24, 2.45) is 17.3 Å². The van der Waals surface area contributed by atoms with Crippen LogP contribution in [0.4, 0.5) is 9.59 Å². The molecule has 29 heteroatoms. The Bertz CT molecular complexity index is 3080. The number of rotatable bonds is 42. The topological polar surface area (TPSA) is 332 Å². The van der Waals surface area contributed by atoms with Crippen LogP contribution in [0.25, 0.3) is 4.85 Å². The maximum atomic E-state index is 14.0. The van der Waals surface area contributed by atoms with Crippen molar-refractivity contribution >= 4 is 41.7 Å². The van der Waals surface area contributed by atoms with Gasteiger partial charge in [0.1, 0.15) is 36.9 Å². The Morgan fingerprint density at radius 1 is 0.677 bits per heavy atom. The van der Waals surface area contributed by atoms with Crippen molar-refractivity contribution in [1.29, 1.82) is 5.26 Å². The van der Waals surface area contributed by atoms with E-state index in [-0.39, 0.29) is 108 Å². The van der Waals surface area contributed by atoms with E-state index in [4.69, 9.17) is 46.2 Å². The Hall–Kier alpha value is -8.01. The van der Waals surface area contributed by atoms with Crippen LogP contribution < -0.4 is 21.3 Å². The number of aryl methyl sites for hydroxylation is 2. The molecule has 2 aliphatic rings. The first-order valence-electron chi connectivity index (χ1n) is 34.5. The minimum absolute atomic E-state index is 0.00409. The summed E-state index contributed by atoms with van der Waals surface area (Å²) in [6, 6.07) is -0.958. The van der Waals surface area contributed by atoms with Crippen LogP contribution in [0.2, 0.25) is 0 Å². The van der Waals surface area contributed by atoms with E-state index in [1.807, 2.05) is 52.0 Å². The Morgan fingerprint density at radius 2 is 1.14 bits per heavy atom. The van der Waals surface area contributed by atoms with Crippen LogP contribution in [0.15, 0.2) is 36.7 Å². The molecule has 2 fully saturated rings. The summed E-state index contributed by atoms with van der Waals surface area (Å²) in [5, 5.41) is 39.3. The standard InChI is InChI=1S/C70H111N15O14/c1-17-22-50-43-54(45-71)84(65(91)98-67(6,7)8)61(50)63(69(12,13)29-19-3)75-56(86)26-24-52-46-82(79-77-52)33-31-73-58(88)48-81(60(90)28-36-95-38-40-97-42-41-96-39-37-94-35-21-5)49-59(89)74-32-34-83-47-53(78-80-83)25-27-57(87)76-64(70(14,93-16)30-20-4)62-51(23-18-2)44-55(72-15)85(62)66(92)99-68(9,10)11/h5,17-18,22-23,46-47,50-51,54-55,61-64H,19-20,24-44,48-49H2,1-4,6-14,16H3,(H,73,88)(H,74,89)(H,75,86)(H,76,87)/b22-17-,23-18-/t50-,51-,54-,55-,61-,62-,63-,64-,70+/m1/s1. The van der Waals surface area contributed by atoms with Crippen molar-refractivity contribution < 1.29 is 66.7 Å². The van der Waals surface area contributed by atoms with E-state index in [0.29, 0.717) is 63.5 Å². The van der Waals surface area contributed by atoms with Gasteiger partial charge in [-0.2, -0.15) is 5.26 Å². The van der Waals surface area contributed by atoms with Gasteiger partial charge in [0.25, 0.3) is 0 Å². The van der Waals surface area contributed by atoms with Crippen molar-refractivity contribution in [1.82, 2.24) is 66.0 Å². The second kappa shape index (κ2) is 41.5. The maximum absolute atomic E-state index is 14.0. The van der Waals surface area contributed by atoms with Crippen LogP contribution in [-0.2, 0) is 83.1 Å². The fourth-order valence-electron chi connectivity index (χ4n) is 12.4. The molecule has 0 radical (unpaired) electrons. The van der Waals surface area contributed by atoms with Gasteiger partial charge in [0, 0.05) is 70.1 Å². The van der Waals surface area contributed by atoms with Gasteiger partial charge in [0.2, 0.25) is 29.5 Å². The Balaban J connectivity index is 1.37. The smallest absolute Gasteiger partial charge is 0.416 e. The summed E-state index contributed by atoms with van der Waals surface area (Å²) in [7, 11) is 1.57. The fourth-order valence-corrected chi connectivity index (χ4v) is 12.4. The molecular weight excluding hydrogens is 1270 g/mol. The molecule has 2 aromatic heterocycles. The van der Waals surface area contributed by atoms with Gasteiger partial charge in [-0.05, 0) is 87.0 Å². The zero-order chi connectivity index (χ0) is 73.3. The number of aromatic nitrogens is 6. The van der Waals surface area contributed by atoms with Crippen molar-refractivity contribution in [3.05, 3.63) is 59.5 Å². The zero-order valence-electron chi connectivity index (χ0n) is 61.0. The van der Waals surface area contributed by atoms with Crippen LogP contribution in [0.1, 0.15) is 159 Å². The molecule has 0 aliphatic carbocycles. The van der Waals surface area contributed by atoms with E-state index >= 15 is 0 Å². The largest absolute Gasteiger partial charge is 0.444 e. The highest BCUT2D eigenvalue weighted by molar-refractivity contribution is 5.89. The van der Waals surface area contributed by atoms with Crippen LogP contribution in [0, 0.1) is 47.5 Å². The van der Waals surface area contributed by atoms with E-state index in [0.717, 1.165) is 17.7 Å². The molecule has 29 nitrogen and oxygen atoms in total. The quantitative estimate of drug-likeness (QED) is 0.0251. The summed E-state index contributed by atoms with van der Waals surface area (Å²) in [5.41, 5.74) is -2.05. The van der Waals surface area contributed by atoms with Crippen LogP contribution in [0.3, 0.4) is 0 Å². The molecule has 9 atom stereocenters. The third-order valence-corrected chi connectivity index (χ3v) is 17.0. The van der Waals surface area contributed by atoms with Gasteiger partial charge in [-0.1, -0.05) is 81.2 Å². The molecule has 0 saturated carbocycles. The number of allylic oxidation sites excluding steroid dienone is 2. The van der Waals surface area contributed by atoms with Crippen molar-refractivity contribution in [3.63, 3.8) is 0 Å². The molecule has 0 aromatic carbocycles. The molecule has 2 aliphatic heterocycles. The lowest BCUT2D eigenvalue weighted by Gasteiger charge is -2.44. The van der Waals surface area contributed by atoms with Crippen molar-refractivity contribution in [3.8, 4) is 18.4 Å². The summed E-state index contributed by atoms with van der Waals surface area (Å²) in [5.74, 6) is -0.320. The summed E-state index contributed by atoms with van der Waals surface area (Å²) >= 11 is 0. The third-order valence-electron chi connectivity index (χ3n) is 17.0. The van der Waals surface area contributed by atoms with Gasteiger partial charge in [-0.15, -0.1) is 16.6 Å². The second-order valence-corrected chi connectivity index (χ2v) is 27.7. The number of nitrogens with zero attached hydrogens (tertiary/aromatic N) is 11. The molecule has 0 spiro atoms. The predicted octanol–water partition coefficient (Wildman–Crippen LogP) is 6.13. The molecule has 0 unspecified atom stereocenters.